The Morgan fingerprint density at radius 3 is 2.69 bits per heavy atom. The Labute approximate surface area is 79.8 Å². The van der Waals surface area contributed by atoms with Gasteiger partial charge < -0.3 is 0 Å². The smallest absolute Gasteiger partial charge is 0.155 e. The molecule has 70 valence electrons. The molecule has 0 bridgehead atoms. The van der Waals surface area contributed by atoms with Crippen LogP contribution in [0.25, 0.3) is 0 Å². The van der Waals surface area contributed by atoms with Crippen molar-refractivity contribution in [3.63, 3.8) is 0 Å². The molecule has 1 rings (SSSR count). The normalized spacial score (nSPS) is 26.9. The summed E-state index contributed by atoms with van der Waals surface area (Å²) in [6, 6.07) is 0. The number of ketones is 1. The first kappa shape index (κ1) is 9.97. The van der Waals surface area contributed by atoms with Crippen LogP contribution in [0.2, 0.25) is 0 Å². The van der Waals surface area contributed by atoms with E-state index in [2.05, 4.69) is 6.08 Å². The average Bonchev–Trinajstić information content (AvgIpc) is 2.11. The van der Waals surface area contributed by atoms with Crippen molar-refractivity contribution >= 4 is 5.78 Å². The summed E-state index contributed by atoms with van der Waals surface area (Å²) in [5.41, 5.74) is 0. The predicted molar refractivity (Wildman–Crippen MR) is 55.5 cm³/mol. The van der Waals surface area contributed by atoms with Crippen molar-refractivity contribution < 1.29 is 4.79 Å². The molecule has 1 aliphatic carbocycles. The van der Waals surface area contributed by atoms with Crippen LogP contribution in [0.3, 0.4) is 0 Å². The maximum absolute atomic E-state index is 11.2. The number of carbonyl (C=O) groups excluding carboxylic acids is 1. The maximum Gasteiger partial charge on any atom is 0.155 e. The molecule has 0 spiro atoms. The highest BCUT2D eigenvalue weighted by atomic mass is 16.1. The van der Waals surface area contributed by atoms with Crippen molar-refractivity contribution in [3.05, 3.63) is 36.5 Å². The van der Waals surface area contributed by atoms with Gasteiger partial charge in [-0.25, -0.2) is 0 Å². The van der Waals surface area contributed by atoms with Crippen LogP contribution >= 0.6 is 0 Å². The summed E-state index contributed by atoms with van der Waals surface area (Å²) in [6.07, 6.45) is 16.8. The highest BCUT2D eigenvalue weighted by Crippen LogP contribution is 2.05. The van der Waals surface area contributed by atoms with Crippen molar-refractivity contribution in [1.82, 2.24) is 0 Å². The summed E-state index contributed by atoms with van der Waals surface area (Å²) >= 11 is 0. The minimum atomic E-state index is 0.245. The Morgan fingerprint density at radius 2 is 1.77 bits per heavy atom. The first-order valence-electron chi connectivity index (χ1n) is 4.92. The van der Waals surface area contributed by atoms with Gasteiger partial charge in [-0.1, -0.05) is 36.8 Å². The zero-order valence-corrected chi connectivity index (χ0v) is 7.91. The lowest BCUT2D eigenvalue weighted by Gasteiger charge is -1.96. The van der Waals surface area contributed by atoms with Gasteiger partial charge in [0.2, 0.25) is 0 Å². The number of allylic oxidation sites excluding steroid dienone is 6. The summed E-state index contributed by atoms with van der Waals surface area (Å²) in [5.74, 6) is 0.245. The number of rotatable bonds is 0. The third kappa shape index (κ3) is 5.18. The van der Waals surface area contributed by atoms with Crippen LogP contribution in [0.5, 0.6) is 0 Å². The lowest BCUT2D eigenvalue weighted by molar-refractivity contribution is -0.114. The van der Waals surface area contributed by atoms with E-state index in [4.69, 9.17) is 0 Å². The van der Waals surface area contributed by atoms with Gasteiger partial charge in [0, 0.05) is 6.42 Å². The van der Waals surface area contributed by atoms with Gasteiger partial charge in [-0.2, -0.15) is 0 Å². The number of hydrogen-bond acceptors (Lipinski definition) is 1. The Balaban J connectivity index is 2.48. The molecule has 0 fully saturated rings. The van der Waals surface area contributed by atoms with Gasteiger partial charge in [-0.3, -0.25) is 4.79 Å². The molecule has 0 aliphatic heterocycles. The van der Waals surface area contributed by atoms with Crippen LogP contribution in [0.1, 0.15) is 32.1 Å². The van der Waals surface area contributed by atoms with E-state index in [1.54, 1.807) is 6.08 Å². The fourth-order valence-corrected chi connectivity index (χ4v) is 1.29. The molecule has 1 nitrogen and oxygen atoms in total. The Morgan fingerprint density at radius 1 is 0.923 bits per heavy atom. The maximum atomic E-state index is 11.2. The molecule has 0 heterocycles. The van der Waals surface area contributed by atoms with E-state index in [-0.39, 0.29) is 5.78 Å². The third-order valence-electron chi connectivity index (χ3n) is 2.05. The van der Waals surface area contributed by atoms with Crippen molar-refractivity contribution in [3.8, 4) is 0 Å². The Hall–Kier alpha value is -1.11. The molecule has 0 radical (unpaired) electrons. The van der Waals surface area contributed by atoms with Crippen molar-refractivity contribution in [2.24, 2.45) is 0 Å². The van der Waals surface area contributed by atoms with E-state index in [0.717, 1.165) is 19.3 Å². The van der Waals surface area contributed by atoms with E-state index < -0.39 is 0 Å². The zero-order chi connectivity index (χ0) is 9.36. The molecule has 0 aromatic carbocycles. The van der Waals surface area contributed by atoms with E-state index in [0.29, 0.717) is 6.42 Å². The van der Waals surface area contributed by atoms with Gasteiger partial charge in [-0.15, -0.1) is 0 Å². The van der Waals surface area contributed by atoms with Gasteiger partial charge in [-0.05, 0) is 25.3 Å². The minimum absolute atomic E-state index is 0.245. The highest BCUT2D eigenvalue weighted by molar-refractivity contribution is 5.89. The lowest BCUT2D eigenvalue weighted by atomic mass is 10.1. The largest absolute Gasteiger partial charge is 0.295 e. The molecule has 1 aliphatic rings. The zero-order valence-electron chi connectivity index (χ0n) is 7.91. The summed E-state index contributed by atoms with van der Waals surface area (Å²) in [7, 11) is 0. The molecule has 0 atom stereocenters. The second-order valence-electron chi connectivity index (χ2n) is 3.24. The van der Waals surface area contributed by atoms with Crippen LogP contribution in [-0.2, 0) is 4.79 Å². The quantitative estimate of drug-likeness (QED) is 0.554. The monoisotopic (exact) mass is 176 g/mol. The van der Waals surface area contributed by atoms with E-state index in [1.165, 1.54) is 6.42 Å². The fourth-order valence-electron chi connectivity index (χ4n) is 1.29. The average molecular weight is 176 g/mol. The topological polar surface area (TPSA) is 17.1 Å². The number of carbonyl (C=O) groups is 1. The van der Waals surface area contributed by atoms with Gasteiger partial charge in [0.1, 0.15) is 0 Å². The fraction of sp³-hybridized carbons (Fsp3) is 0.417. The number of hydrogen-bond donors (Lipinski definition) is 0. The van der Waals surface area contributed by atoms with Gasteiger partial charge >= 0.3 is 0 Å². The third-order valence-corrected chi connectivity index (χ3v) is 2.05. The predicted octanol–water partition coefficient (Wildman–Crippen LogP) is 3.19. The highest BCUT2D eigenvalue weighted by Gasteiger charge is 1.95. The SMILES string of the molecule is O=C1/C=C/C=C\C=C\CCCCC1. The second kappa shape index (κ2) is 6.41. The van der Waals surface area contributed by atoms with E-state index in [9.17, 15) is 4.79 Å². The molecule has 0 aromatic heterocycles. The van der Waals surface area contributed by atoms with Gasteiger partial charge in [0.15, 0.2) is 5.78 Å². The lowest BCUT2D eigenvalue weighted by Crippen LogP contribution is -1.91. The van der Waals surface area contributed by atoms with Gasteiger partial charge in [0.05, 0.1) is 0 Å². The van der Waals surface area contributed by atoms with E-state index in [1.807, 2.05) is 24.3 Å². The first-order chi connectivity index (χ1) is 6.39. The van der Waals surface area contributed by atoms with Crippen molar-refractivity contribution in [2.45, 2.75) is 32.1 Å². The van der Waals surface area contributed by atoms with Gasteiger partial charge in [0.25, 0.3) is 0 Å². The van der Waals surface area contributed by atoms with Crippen LogP contribution in [0.4, 0.5) is 0 Å². The molecule has 13 heavy (non-hydrogen) atoms. The molecule has 1 heteroatoms. The Bertz CT molecular complexity index is 234. The second-order valence-corrected chi connectivity index (χ2v) is 3.24. The summed E-state index contributed by atoms with van der Waals surface area (Å²) in [5, 5.41) is 0. The molecule has 0 saturated heterocycles. The van der Waals surface area contributed by atoms with E-state index >= 15 is 0 Å². The molecule has 0 N–H and O–H groups in total. The summed E-state index contributed by atoms with van der Waals surface area (Å²) in [6.45, 7) is 0. The minimum Gasteiger partial charge on any atom is -0.295 e. The molecule has 0 saturated carbocycles. The van der Waals surface area contributed by atoms with Crippen molar-refractivity contribution in [2.75, 3.05) is 0 Å². The van der Waals surface area contributed by atoms with Crippen molar-refractivity contribution in [1.29, 1.82) is 0 Å². The summed E-state index contributed by atoms with van der Waals surface area (Å²) in [4.78, 5) is 11.2. The molecular formula is C12H16O. The van der Waals surface area contributed by atoms with Crippen LogP contribution in [0.15, 0.2) is 36.5 Å². The molecular weight excluding hydrogens is 160 g/mol. The molecule has 0 amide bonds. The standard InChI is InChI=1S/C12H16O/c13-12-10-8-6-4-2-1-3-5-7-9-11-12/h1-2,4,6,8,10H,3,5,7,9,11H2/b2-1+,6-4-,10-8+. The first-order valence-corrected chi connectivity index (χ1v) is 4.92. The molecule has 0 unspecified atom stereocenters. The Kier molecular flexibility index (Phi) is 4.92. The summed E-state index contributed by atoms with van der Waals surface area (Å²) < 4.78 is 0. The van der Waals surface area contributed by atoms with Crippen LogP contribution in [-0.4, -0.2) is 5.78 Å². The molecule has 0 aromatic rings. The van der Waals surface area contributed by atoms with Crippen LogP contribution in [0, 0.1) is 0 Å². The van der Waals surface area contributed by atoms with Crippen LogP contribution < -0.4 is 0 Å².